The Balaban J connectivity index is 1.71. The Morgan fingerprint density at radius 3 is 2.13 bits per heavy atom. The Bertz CT molecular complexity index is 424. The van der Waals surface area contributed by atoms with Crippen LogP contribution in [-0.2, 0) is 19.1 Å². The minimum absolute atomic E-state index is 0.0252. The van der Waals surface area contributed by atoms with Gasteiger partial charge in [0.25, 0.3) is 0 Å². The van der Waals surface area contributed by atoms with Crippen LogP contribution >= 0.6 is 0 Å². The molecule has 0 atom stereocenters. The Morgan fingerprint density at radius 1 is 0.913 bits per heavy atom. The Morgan fingerprint density at radius 2 is 1.52 bits per heavy atom. The second kappa shape index (κ2) is 8.89. The van der Waals surface area contributed by atoms with E-state index in [1.165, 1.54) is 6.42 Å². The number of ether oxygens (including phenoxy) is 1. The topological polar surface area (TPSA) is 66.9 Å². The molecule has 2 amide bonds. The summed E-state index contributed by atoms with van der Waals surface area (Å²) in [6.07, 6.45) is 5.90. The number of piperazine rings is 1. The highest BCUT2D eigenvalue weighted by atomic mass is 16.5. The zero-order valence-corrected chi connectivity index (χ0v) is 14.1. The molecule has 6 heteroatoms. The third kappa shape index (κ3) is 5.22. The average Bonchev–Trinajstić information content (AvgIpc) is 2.60. The standard InChI is InChI=1S/C17H28N2O4/c1-2-23-16(21)9-8-15(20)18-10-12-19(13-11-18)17(22)14-6-4-3-5-7-14/h14H,2-13H2,1H3. The first-order valence-corrected chi connectivity index (χ1v) is 8.84. The van der Waals surface area contributed by atoms with Crippen molar-refractivity contribution in [3.05, 3.63) is 0 Å². The summed E-state index contributed by atoms with van der Waals surface area (Å²) < 4.78 is 4.83. The van der Waals surface area contributed by atoms with E-state index in [4.69, 9.17) is 4.74 Å². The van der Waals surface area contributed by atoms with Gasteiger partial charge in [0.2, 0.25) is 11.8 Å². The molecule has 23 heavy (non-hydrogen) atoms. The van der Waals surface area contributed by atoms with Gasteiger partial charge in [0.1, 0.15) is 0 Å². The van der Waals surface area contributed by atoms with Crippen LogP contribution in [0.5, 0.6) is 0 Å². The molecular formula is C17H28N2O4. The molecule has 2 fully saturated rings. The van der Waals surface area contributed by atoms with Crippen LogP contribution < -0.4 is 0 Å². The molecule has 1 aliphatic carbocycles. The van der Waals surface area contributed by atoms with Gasteiger partial charge in [-0.3, -0.25) is 14.4 Å². The second-order valence-electron chi connectivity index (χ2n) is 6.35. The Hall–Kier alpha value is -1.59. The van der Waals surface area contributed by atoms with Crippen molar-refractivity contribution in [2.24, 2.45) is 5.92 Å². The molecule has 1 saturated heterocycles. The number of nitrogens with zero attached hydrogens (tertiary/aromatic N) is 2. The average molecular weight is 324 g/mol. The lowest BCUT2D eigenvalue weighted by molar-refractivity contribution is -0.146. The Kier molecular flexibility index (Phi) is 6.86. The lowest BCUT2D eigenvalue weighted by Crippen LogP contribution is -2.52. The lowest BCUT2D eigenvalue weighted by atomic mass is 9.88. The lowest BCUT2D eigenvalue weighted by Gasteiger charge is -2.37. The van der Waals surface area contributed by atoms with Gasteiger partial charge in [0.15, 0.2) is 0 Å². The molecule has 1 heterocycles. The van der Waals surface area contributed by atoms with E-state index in [2.05, 4.69) is 0 Å². The van der Waals surface area contributed by atoms with Crippen molar-refractivity contribution in [3.8, 4) is 0 Å². The van der Waals surface area contributed by atoms with Crippen molar-refractivity contribution in [1.29, 1.82) is 0 Å². The van der Waals surface area contributed by atoms with E-state index in [0.29, 0.717) is 32.8 Å². The molecule has 2 rings (SSSR count). The molecule has 6 nitrogen and oxygen atoms in total. The van der Waals surface area contributed by atoms with Gasteiger partial charge in [-0.1, -0.05) is 19.3 Å². The highest BCUT2D eigenvalue weighted by Crippen LogP contribution is 2.25. The maximum Gasteiger partial charge on any atom is 0.306 e. The van der Waals surface area contributed by atoms with E-state index in [-0.39, 0.29) is 36.5 Å². The first-order valence-electron chi connectivity index (χ1n) is 8.84. The van der Waals surface area contributed by atoms with E-state index < -0.39 is 0 Å². The molecule has 0 aromatic rings. The smallest absolute Gasteiger partial charge is 0.306 e. The van der Waals surface area contributed by atoms with Crippen molar-refractivity contribution in [1.82, 2.24) is 9.80 Å². The number of esters is 1. The largest absolute Gasteiger partial charge is 0.466 e. The molecule has 0 aromatic heterocycles. The zero-order valence-electron chi connectivity index (χ0n) is 14.1. The summed E-state index contributed by atoms with van der Waals surface area (Å²) in [4.78, 5) is 39.5. The summed E-state index contributed by atoms with van der Waals surface area (Å²) in [6, 6.07) is 0. The first-order chi connectivity index (χ1) is 11.1. The minimum atomic E-state index is -0.327. The van der Waals surface area contributed by atoms with Crippen LogP contribution in [-0.4, -0.2) is 60.4 Å². The summed E-state index contributed by atoms with van der Waals surface area (Å²) in [7, 11) is 0. The van der Waals surface area contributed by atoms with Crippen LogP contribution in [0.3, 0.4) is 0 Å². The van der Waals surface area contributed by atoms with Gasteiger partial charge < -0.3 is 14.5 Å². The van der Waals surface area contributed by atoms with Crippen LogP contribution in [0.2, 0.25) is 0 Å². The van der Waals surface area contributed by atoms with Crippen molar-refractivity contribution >= 4 is 17.8 Å². The van der Waals surface area contributed by atoms with Crippen LogP contribution in [0.25, 0.3) is 0 Å². The maximum atomic E-state index is 12.5. The van der Waals surface area contributed by atoms with Crippen LogP contribution in [0.15, 0.2) is 0 Å². The van der Waals surface area contributed by atoms with E-state index in [1.54, 1.807) is 11.8 Å². The number of carbonyl (C=O) groups is 3. The van der Waals surface area contributed by atoms with Gasteiger partial charge in [-0.2, -0.15) is 0 Å². The van der Waals surface area contributed by atoms with Crippen molar-refractivity contribution in [2.75, 3.05) is 32.8 Å². The van der Waals surface area contributed by atoms with Crippen molar-refractivity contribution in [3.63, 3.8) is 0 Å². The number of rotatable bonds is 5. The van der Waals surface area contributed by atoms with E-state index >= 15 is 0 Å². The van der Waals surface area contributed by atoms with E-state index in [1.807, 2.05) is 4.90 Å². The SMILES string of the molecule is CCOC(=O)CCC(=O)N1CCN(C(=O)C2CCCCC2)CC1. The Labute approximate surface area is 138 Å². The van der Waals surface area contributed by atoms with E-state index in [0.717, 1.165) is 25.7 Å². The van der Waals surface area contributed by atoms with Crippen molar-refractivity contribution < 1.29 is 19.1 Å². The summed E-state index contributed by atoms with van der Waals surface area (Å²) in [5.74, 6) is 0.105. The quantitative estimate of drug-likeness (QED) is 0.720. The molecule has 2 aliphatic rings. The minimum Gasteiger partial charge on any atom is -0.466 e. The molecule has 0 bridgehead atoms. The van der Waals surface area contributed by atoms with E-state index in [9.17, 15) is 14.4 Å². The normalized spacial score (nSPS) is 19.5. The van der Waals surface area contributed by atoms with Crippen LogP contribution in [0.4, 0.5) is 0 Å². The fraction of sp³-hybridized carbons (Fsp3) is 0.824. The summed E-state index contributed by atoms with van der Waals surface area (Å²) in [5.41, 5.74) is 0. The van der Waals surface area contributed by atoms with Gasteiger partial charge in [-0.05, 0) is 19.8 Å². The number of amides is 2. The molecule has 130 valence electrons. The highest BCUT2D eigenvalue weighted by molar-refractivity contribution is 5.82. The number of hydrogen-bond donors (Lipinski definition) is 0. The summed E-state index contributed by atoms with van der Waals surface area (Å²) >= 11 is 0. The monoisotopic (exact) mass is 324 g/mol. The molecule has 1 saturated carbocycles. The number of carbonyl (C=O) groups excluding carboxylic acids is 3. The van der Waals surface area contributed by atoms with Gasteiger partial charge in [0, 0.05) is 38.5 Å². The van der Waals surface area contributed by atoms with Gasteiger partial charge in [-0.15, -0.1) is 0 Å². The van der Waals surface area contributed by atoms with Gasteiger partial charge in [-0.25, -0.2) is 0 Å². The first kappa shape index (κ1) is 17.8. The maximum absolute atomic E-state index is 12.5. The summed E-state index contributed by atoms with van der Waals surface area (Å²) in [5, 5.41) is 0. The predicted molar refractivity (Wildman–Crippen MR) is 85.6 cm³/mol. The molecule has 0 unspecified atom stereocenters. The molecule has 0 N–H and O–H groups in total. The predicted octanol–water partition coefficient (Wildman–Crippen LogP) is 1.58. The van der Waals surface area contributed by atoms with Crippen molar-refractivity contribution in [2.45, 2.75) is 51.9 Å². The molecule has 1 aliphatic heterocycles. The summed E-state index contributed by atoms with van der Waals surface area (Å²) in [6.45, 7) is 4.46. The third-order valence-corrected chi connectivity index (χ3v) is 4.75. The van der Waals surface area contributed by atoms with Gasteiger partial charge >= 0.3 is 5.97 Å². The second-order valence-corrected chi connectivity index (χ2v) is 6.35. The molecule has 0 spiro atoms. The zero-order chi connectivity index (χ0) is 16.7. The molecule has 0 radical (unpaired) electrons. The van der Waals surface area contributed by atoms with Gasteiger partial charge in [0.05, 0.1) is 13.0 Å². The van der Waals surface area contributed by atoms with Crippen LogP contribution in [0, 0.1) is 5.92 Å². The third-order valence-electron chi connectivity index (χ3n) is 4.75. The van der Waals surface area contributed by atoms with Crippen LogP contribution in [0.1, 0.15) is 51.9 Å². The highest BCUT2D eigenvalue weighted by Gasteiger charge is 2.29. The molecular weight excluding hydrogens is 296 g/mol. The number of hydrogen-bond acceptors (Lipinski definition) is 4. The fourth-order valence-corrected chi connectivity index (χ4v) is 3.38. The molecule has 0 aromatic carbocycles. The fourth-order valence-electron chi connectivity index (χ4n) is 3.38.